The van der Waals surface area contributed by atoms with E-state index in [0.717, 1.165) is 50.8 Å². The molecular weight excluding hydrogens is 388 g/mol. The Labute approximate surface area is 185 Å². The molecule has 1 aromatic heterocycles. The summed E-state index contributed by atoms with van der Waals surface area (Å²) in [4.78, 5) is 29.1. The van der Waals surface area contributed by atoms with E-state index in [1.54, 1.807) is 4.90 Å². The molecule has 5 rings (SSSR count). The Hall–Kier alpha value is -2.54. The van der Waals surface area contributed by atoms with E-state index in [-0.39, 0.29) is 11.4 Å². The van der Waals surface area contributed by atoms with Crippen LogP contribution in [0.3, 0.4) is 0 Å². The zero-order chi connectivity index (χ0) is 21.4. The van der Waals surface area contributed by atoms with E-state index in [1.165, 1.54) is 31.2 Å². The summed E-state index contributed by atoms with van der Waals surface area (Å²) >= 11 is 0. The second-order valence-electron chi connectivity index (χ2n) is 9.54. The van der Waals surface area contributed by atoms with E-state index < -0.39 is 0 Å². The molecular formula is C24H34N6O. The predicted molar refractivity (Wildman–Crippen MR) is 124 cm³/mol. The summed E-state index contributed by atoms with van der Waals surface area (Å²) in [7, 11) is 3.68. The highest BCUT2D eigenvalue weighted by molar-refractivity contribution is 5.93. The molecule has 4 heterocycles. The minimum Gasteiger partial charge on any atom is -0.342 e. The van der Waals surface area contributed by atoms with Gasteiger partial charge in [0, 0.05) is 63.3 Å². The van der Waals surface area contributed by atoms with Crippen LogP contribution in [-0.2, 0) is 5.41 Å². The van der Waals surface area contributed by atoms with Gasteiger partial charge in [0.1, 0.15) is 0 Å². The van der Waals surface area contributed by atoms with E-state index in [1.807, 2.05) is 31.4 Å². The molecule has 0 saturated carbocycles. The van der Waals surface area contributed by atoms with Crippen LogP contribution in [0.5, 0.6) is 0 Å². The summed E-state index contributed by atoms with van der Waals surface area (Å²) in [6.45, 7) is 5.27. The molecule has 31 heavy (non-hydrogen) atoms. The number of nitrogens with one attached hydrogen (secondary N) is 1. The van der Waals surface area contributed by atoms with Gasteiger partial charge in [-0.05, 0) is 56.8 Å². The molecule has 0 radical (unpaired) electrons. The number of nitrogens with zero attached hydrogens (tertiary/aromatic N) is 5. The molecule has 7 nitrogen and oxygen atoms in total. The van der Waals surface area contributed by atoms with Crippen molar-refractivity contribution in [1.29, 1.82) is 0 Å². The third-order valence-corrected chi connectivity index (χ3v) is 7.71. The summed E-state index contributed by atoms with van der Waals surface area (Å²) in [5.74, 6) is 1.01. The molecule has 2 amide bonds. The maximum atomic E-state index is 12.7. The summed E-state index contributed by atoms with van der Waals surface area (Å²) in [6, 6.07) is 9.37. The third-order valence-electron chi connectivity index (χ3n) is 7.71. The fourth-order valence-corrected chi connectivity index (χ4v) is 5.89. The number of anilines is 2. The zero-order valence-corrected chi connectivity index (χ0v) is 18.8. The molecule has 1 spiro atoms. The molecule has 2 saturated heterocycles. The van der Waals surface area contributed by atoms with Crippen LogP contribution in [0.25, 0.3) is 0 Å². The summed E-state index contributed by atoms with van der Waals surface area (Å²) in [6.07, 6.45) is 9.58. The van der Waals surface area contributed by atoms with Gasteiger partial charge in [-0.25, -0.2) is 9.78 Å². The lowest BCUT2D eigenvalue weighted by atomic mass is 9.67. The third kappa shape index (κ3) is 3.69. The minimum absolute atomic E-state index is 0.0862. The fourth-order valence-electron chi connectivity index (χ4n) is 5.89. The number of hydrogen-bond acceptors (Lipinski definition) is 4. The second-order valence-corrected chi connectivity index (χ2v) is 9.54. The molecule has 0 bridgehead atoms. The number of imidazole rings is 1. The summed E-state index contributed by atoms with van der Waals surface area (Å²) in [5, 5.41) is 0. The van der Waals surface area contributed by atoms with Gasteiger partial charge in [0.05, 0.1) is 0 Å². The molecule has 166 valence electrons. The molecule has 3 aliphatic heterocycles. The predicted octanol–water partition coefficient (Wildman–Crippen LogP) is 3.30. The van der Waals surface area contributed by atoms with Crippen LogP contribution in [0.15, 0.2) is 36.7 Å². The molecule has 1 N–H and O–H groups in total. The van der Waals surface area contributed by atoms with E-state index >= 15 is 0 Å². The Morgan fingerprint density at radius 1 is 1.06 bits per heavy atom. The maximum Gasteiger partial charge on any atom is 0.323 e. The summed E-state index contributed by atoms with van der Waals surface area (Å²) < 4.78 is 0. The first-order valence-corrected chi connectivity index (χ1v) is 11.6. The molecule has 3 aliphatic rings. The quantitative estimate of drug-likeness (QED) is 0.807. The molecule has 1 aromatic carbocycles. The molecule has 0 atom stereocenters. The van der Waals surface area contributed by atoms with Crippen LogP contribution < -0.4 is 9.80 Å². The molecule has 0 aliphatic carbocycles. The Morgan fingerprint density at radius 2 is 1.77 bits per heavy atom. The Morgan fingerprint density at radius 3 is 2.45 bits per heavy atom. The fraction of sp³-hybridized carbons (Fsp3) is 0.583. The largest absolute Gasteiger partial charge is 0.342 e. The number of fused-ring (bicyclic) bond motifs is 2. The lowest BCUT2D eigenvalue weighted by Crippen LogP contribution is -2.53. The van der Waals surface area contributed by atoms with Crippen molar-refractivity contribution in [3.8, 4) is 0 Å². The lowest BCUT2D eigenvalue weighted by molar-refractivity contribution is 0.0946. The van der Waals surface area contributed by atoms with Crippen molar-refractivity contribution in [3.63, 3.8) is 0 Å². The number of carbonyl (C=O) groups excluding carboxylic acids is 1. The van der Waals surface area contributed by atoms with Crippen molar-refractivity contribution in [2.75, 3.05) is 56.6 Å². The first kappa shape index (κ1) is 20.4. The van der Waals surface area contributed by atoms with E-state index in [9.17, 15) is 4.79 Å². The maximum absolute atomic E-state index is 12.7. The van der Waals surface area contributed by atoms with Crippen molar-refractivity contribution in [2.24, 2.45) is 0 Å². The highest BCUT2D eigenvalue weighted by atomic mass is 16.2. The van der Waals surface area contributed by atoms with Gasteiger partial charge in [-0.15, -0.1) is 0 Å². The molecule has 0 unspecified atom stereocenters. The topological polar surface area (TPSA) is 58.7 Å². The second kappa shape index (κ2) is 8.19. The number of piperidine rings is 2. The van der Waals surface area contributed by atoms with Gasteiger partial charge in [-0.1, -0.05) is 18.2 Å². The number of urea groups is 1. The highest BCUT2D eigenvalue weighted by Gasteiger charge is 2.43. The molecule has 2 aromatic rings. The van der Waals surface area contributed by atoms with Crippen LogP contribution in [0.1, 0.15) is 37.7 Å². The van der Waals surface area contributed by atoms with Crippen LogP contribution in [0, 0.1) is 0 Å². The van der Waals surface area contributed by atoms with Crippen molar-refractivity contribution >= 4 is 17.7 Å². The number of likely N-dealkylation sites (tertiary alicyclic amines) is 1. The van der Waals surface area contributed by atoms with Crippen LogP contribution >= 0.6 is 0 Å². The van der Waals surface area contributed by atoms with Gasteiger partial charge in [0.25, 0.3) is 0 Å². The normalized spacial score (nSPS) is 21.9. The van der Waals surface area contributed by atoms with E-state index in [0.29, 0.717) is 6.04 Å². The van der Waals surface area contributed by atoms with Gasteiger partial charge < -0.3 is 19.7 Å². The first-order chi connectivity index (χ1) is 15.1. The highest BCUT2D eigenvalue weighted by Crippen LogP contribution is 2.47. The smallest absolute Gasteiger partial charge is 0.323 e. The molecule has 2 fully saturated rings. The van der Waals surface area contributed by atoms with Crippen molar-refractivity contribution < 1.29 is 4.79 Å². The van der Waals surface area contributed by atoms with Gasteiger partial charge in [0.2, 0.25) is 5.95 Å². The first-order valence-electron chi connectivity index (χ1n) is 11.6. The van der Waals surface area contributed by atoms with Crippen LogP contribution in [-0.4, -0.2) is 78.7 Å². The van der Waals surface area contributed by atoms with Gasteiger partial charge in [-0.3, -0.25) is 4.90 Å². The number of rotatable bonds is 2. The van der Waals surface area contributed by atoms with Gasteiger partial charge in [0.15, 0.2) is 0 Å². The van der Waals surface area contributed by atoms with E-state index in [4.69, 9.17) is 0 Å². The SMILES string of the molecule is CN(C)C(=O)N1CCC2(CCN(C3CCN(c4ncc[nH]4)CC3)CC2)c2ccccc21. The van der Waals surface area contributed by atoms with Crippen molar-refractivity contribution in [2.45, 2.75) is 43.6 Å². The number of para-hydroxylation sites is 1. The van der Waals surface area contributed by atoms with Gasteiger partial charge >= 0.3 is 6.03 Å². The number of benzene rings is 1. The standard InChI is InChI=1S/C24H34N6O/c1-27(2)23(31)30-18-11-24(20-5-3-4-6-21(20)30)9-16-28(17-10-24)19-7-14-29(15-8-19)22-25-12-13-26-22/h3-6,12-13,19H,7-11,14-18H2,1-2H3,(H,25,26). The number of carbonyl (C=O) groups is 1. The van der Waals surface area contributed by atoms with Crippen molar-refractivity contribution in [3.05, 3.63) is 42.2 Å². The number of amides is 2. The van der Waals surface area contributed by atoms with Crippen molar-refractivity contribution in [1.82, 2.24) is 19.8 Å². The number of aromatic nitrogens is 2. The average molecular weight is 423 g/mol. The zero-order valence-electron chi connectivity index (χ0n) is 18.8. The Balaban J connectivity index is 1.25. The van der Waals surface area contributed by atoms with Gasteiger partial charge in [-0.2, -0.15) is 0 Å². The number of hydrogen-bond donors (Lipinski definition) is 1. The lowest BCUT2D eigenvalue weighted by Gasteiger charge is -2.50. The number of aromatic amines is 1. The van der Waals surface area contributed by atoms with E-state index in [2.05, 4.69) is 44.0 Å². The van der Waals surface area contributed by atoms with Crippen LogP contribution in [0.4, 0.5) is 16.4 Å². The Kier molecular flexibility index (Phi) is 5.38. The Bertz CT molecular complexity index is 895. The summed E-state index contributed by atoms with van der Waals surface area (Å²) in [5.41, 5.74) is 2.71. The average Bonchev–Trinajstić information content (AvgIpc) is 3.35. The molecule has 7 heteroatoms. The minimum atomic E-state index is 0.0862. The monoisotopic (exact) mass is 422 g/mol. The number of H-pyrrole nitrogens is 1. The van der Waals surface area contributed by atoms with Crippen LogP contribution in [0.2, 0.25) is 0 Å².